The number of hydrogen-bond donors (Lipinski definition) is 0. The first-order valence-electron chi connectivity index (χ1n) is 28.1. The van der Waals surface area contributed by atoms with Crippen LogP contribution < -0.4 is 19.6 Å². The van der Waals surface area contributed by atoms with Crippen LogP contribution in [0.15, 0.2) is 297 Å². The van der Waals surface area contributed by atoms with Crippen molar-refractivity contribution in [2.45, 2.75) is 27.7 Å². The Bertz CT molecular complexity index is 4200. The van der Waals surface area contributed by atoms with E-state index in [1.54, 1.807) is 0 Å². The van der Waals surface area contributed by atoms with Gasteiger partial charge in [0.15, 0.2) is 0 Å². The number of nitrogens with zero attached hydrogens (tertiary/aromatic N) is 4. The van der Waals surface area contributed by atoms with Crippen LogP contribution in [-0.2, 0) is 0 Å². The lowest BCUT2D eigenvalue weighted by molar-refractivity contribution is 0.668. The standard InChI is InChI=1S/C38H28Br2N2O.C38H30N2O/c1-25-3-11-29(12-4-25)41(31-15-7-27(39)8-16-31)33-19-21-37-35(23-33)36-24-34(20-22-38(36)43-37)42(30-13-5-26(2)6-14-30)32-17-9-28(40)10-18-32;1-27-13-17-31(18-14-27)39(29-9-5-3-6-10-29)33-21-23-37-35(25-33)36-26-34(22-24-38(36)41-37)40(30-11-7-4-8-12-30)32-19-15-28(2)16-20-32/h3-24H,1-2H3;3-26H,1-2H3. The highest BCUT2D eigenvalue weighted by Crippen LogP contribution is 2.45. The summed E-state index contributed by atoms with van der Waals surface area (Å²) in [7, 11) is 0. The molecule has 0 N–H and O–H groups in total. The van der Waals surface area contributed by atoms with E-state index in [1.807, 2.05) is 0 Å². The van der Waals surface area contributed by atoms with E-state index >= 15 is 0 Å². The molecular formula is C76H58Br2N4O2. The van der Waals surface area contributed by atoms with E-state index in [1.165, 1.54) is 22.3 Å². The summed E-state index contributed by atoms with van der Waals surface area (Å²) in [4.78, 5) is 9.16. The fraction of sp³-hybridized carbons (Fsp3) is 0.0526. The Hall–Kier alpha value is -9.60. The van der Waals surface area contributed by atoms with Gasteiger partial charge in [0.25, 0.3) is 0 Å². The van der Waals surface area contributed by atoms with Crippen molar-refractivity contribution in [1.29, 1.82) is 0 Å². The number of para-hydroxylation sites is 2. The molecule has 14 rings (SSSR count). The molecule has 2 heterocycles. The molecule has 0 saturated carbocycles. The topological polar surface area (TPSA) is 39.2 Å². The third kappa shape index (κ3) is 11.1. The zero-order chi connectivity index (χ0) is 57.3. The van der Waals surface area contributed by atoms with Crippen LogP contribution in [0.5, 0.6) is 0 Å². The van der Waals surface area contributed by atoms with Crippen molar-refractivity contribution < 1.29 is 8.83 Å². The number of aryl methyl sites for hydroxylation is 4. The lowest BCUT2D eigenvalue weighted by Crippen LogP contribution is -2.10. The summed E-state index contributed by atoms with van der Waals surface area (Å²) in [6, 6.07) is 98.4. The fourth-order valence-electron chi connectivity index (χ4n) is 11.0. The number of benzene rings is 12. The Morgan fingerprint density at radius 3 is 0.631 bits per heavy atom. The molecule has 8 heteroatoms. The van der Waals surface area contributed by atoms with Crippen LogP contribution in [0.4, 0.5) is 68.2 Å². The van der Waals surface area contributed by atoms with Crippen molar-refractivity contribution in [2.75, 3.05) is 19.6 Å². The normalized spacial score (nSPS) is 11.2. The minimum Gasteiger partial charge on any atom is -0.456 e. The lowest BCUT2D eigenvalue weighted by atomic mass is 10.1. The highest BCUT2D eigenvalue weighted by atomic mass is 79.9. The molecule has 6 nitrogen and oxygen atoms in total. The largest absolute Gasteiger partial charge is 0.456 e. The van der Waals surface area contributed by atoms with E-state index in [0.29, 0.717) is 0 Å². The van der Waals surface area contributed by atoms with E-state index < -0.39 is 0 Å². The molecule has 0 unspecified atom stereocenters. The maximum atomic E-state index is 6.36. The molecule has 0 radical (unpaired) electrons. The van der Waals surface area contributed by atoms with Gasteiger partial charge in [0.1, 0.15) is 22.3 Å². The Labute approximate surface area is 507 Å². The SMILES string of the molecule is Cc1ccc(N(c2ccc(Br)cc2)c2ccc3oc4ccc(N(c5ccc(C)cc5)c5ccc(Br)cc5)cc4c3c2)cc1.Cc1ccc(N(c2ccccc2)c2ccc3oc4ccc(N(c5ccccc5)c5ccc(C)cc5)cc4c3c2)cc1. The molecular weight excluding hydrogens is 1160 g/mol. The lowest BCUT2D eigenvalue weighted by Gasteiger charge is -2.26. The van der Waals surface area contributed by atoms with Crippen molar-refractivity contribution in [3.63, 3.8) is 0 Å². The molecule has 0 aliphatic rings. The summed E-state index contributed by atoms with van der Waals surface area (Å²) in [5.41, 5.74) is 21.5. The van der Waals surface area contributed by atoms with Gasteiger partial charge in [-0.15, -0.1) is 0 Å². The molecule has 0 bridgehead atoms. The van der Waals surface area contributed by atoms with Crippen LogP contribution in [0, 0.1) is 27.7 Å². The van der Waals surface area contributed by atoms with Gasteiger partial charge in [-0.05, 0) is 222 Å². The van der Waals surface area contributed by atoms with Gasteiger partial charge < -0.3 is 28.4 Å². The van der Waals surface area contributed by atoms with Crippen LogP contribution in [0.25, 0.3) is 43.9 Å². The quantitative estimate of drug-likeness (QED) is 0.121. The minimum atomic E-state index is 0.862. The van der Waals surface area contributed by atoms with Crippen LogP contribution in [0.2, 0.25) is 0 Å². The second-order valence-electron chi connectivity index (χ2n) is 21.2. The van der Waals surface area contributed by atoms with E-state index in [-0.39, 0.29) is 0 Å². The van der Waals surface area contributed by atoms with Gasteiger partial charge in [-0.1, -0.05) is 139 Å². The van der Waals surface area contributed by atoms with Crippen LogP contribution in [-0.4, -0.2) is 0 Å². The van der Waals surface area contributed by atoms with Gasteiger partial charge in [0, 0.05) is 98.7 Å². The smallest absolute Gasteiger partial charge is 0.135 e. The van der Waals surface area contributed by atoms with Crippen molar-refractivity contribution >= 4 is 144 Å². The minimum absolute atomic E-state index is 0.862. The number of fused-ring (bicyclic) bond motifs is 6. The molecule has 84 heavy (non-hydrogen) atoms. The molecule has 0 aliphatic heterocycles. The summed E-state index contributed by atoms with van der Waals surface area (Å²) in [5, 5.41) is 4.32. The zero-order valence-electron chi connectivity index (χ0n) is 46.9. The number of furan rings is 2. The van der Waals surface area contributed by atoms with Gasteiger partial charge in [-0.2, -0.15) is 0 Å². The molecule has 0 amide bonds. The first-order chi connectivity index (χ1) is 41.1. The third-order valence-electron chi connectivity index (χ3n) is 15.3. The molecule has 0 saturated heterocycles. The monoisotopic (exact) mass is 1220 g/mol. The molecule has 0 aliphatic carbocycles. The Morgan fingerprint density at radius 2 is 0.405 bits per heavy atom. The van der Waals surface area contributed by atoms with Gasteiger partial charge in [0.05, 0.1) is 0 Å². The average molecular weight is 1220 g/mol. The molecule has 0 atom stereocenters. The Morgan fingerprint density at radius 1 is 0.214 bits per heavy atom. The number of halogens is 2. The number of rotatable bonds is 12. The maximum Gasteiger partial charge on any atom is 0.135 e. The molecule has 2 aromatic heterocycles. The zero-order valence-corrected chi connectivity index (χ0v) is 50.1. The third-order valence-corrected chi connectivity index (χ3v) is 16.3. The summed E-state index contributed by atoms with van der Waals surface area (Å²) in [6.45, 7) is 8.47. The van der Waals surface area contributed by atoms with Crippen molar-refractivity contribution in [3.05, 3.63) is 310 Å². The van der Waals surface area contributed by atoms with Gasteiger partial charge >= 0.3 is 0 Å². The molecule has 12 aromatic carbocycles. The predicted octanol–water partition coefficient (Wildman–Crippen LogP) is 23.8. The molecule has 0 fully saturated rings. The second kappa shape index (κ2) is 23.3. The summed E-state index contributed by atoms with van der Waals surface area (Å²) < 4.78 is 14.8. The average Bonchev–Trinajstić information content (AvgIpc) is 3.43. The van der Waals surface area contributed by atoms with E-state index in [4.69, 9.17) is 8.83 Å². The second-order valence-corrected chi connectivity index (χ2v) is 23.1. The Kier molecular flexibility index (Phi) is 14.9. The number of hydrogen-bond acceptors (Lipinski definition) is 6. The summed E-state index contributed by atoms with van der Waals surface area (Å²) >= 11 is 7.19. The van der Waals surface area contributed by atoms with Crippen LogP contribution in [0.3, 0.4) is 0 Å². The predicted molar refractivity (Wildman–Crippen MR) is 361 cm³/mol. The maximum absolute atomic E-state index is 6.36. The van der Waals surface area contributed by atoms with Gasteiger partial charge in [0.2, 0.25) is 0 Å². The van der Waals surface area contributed by atoms with Crippen molar-refractivity contribution in [2.24, 2.45) is 0 Å². The summed E-state index contributed by atoms with van der Waals surface area (Å²) in [6.07, 6.45) is 0. The first kappa shape index (κ1) is 53.7. The van der Waals surface area contributed by atoms with Crippen molar-refractivity contribution in [3.8, 4) is 0 Å². The summed E-state index contributed by atoms with van der Waals surface area (Å²) in [5.74, 6) is 0. The highest BCUT2D eigenvalue weighted by molar-refractivity contribution is 9.10. The highest BCUT2D eigenvalue weighted by Gasteiger charge is 2.21. The van der Waals surface area contributed by atoms with E-state index in [2.05, 4.69) is 358 Å². The molecule has 0 spiro atoms. The van der Waals surface area contributed by atoms with Gasteiger partial charge in [-0.3, -0.25) is 0 Å². The number of anilines is 12. The van der Waals surface area contributed by atoms with E-state index in [0.717, 1.165) is 121 Å². The van der Waals surface area contributed by atoms with Gasteiger partial charge in [-0.25, -0.2) is 0 Å². The molecule has 408 valence electrons. The van der Waals surface area contributed by atoms with Crippen molar-refractivity contribution in [1.82, 2.24) is 0 Å². The first-order valence-corrected chi connectivity index (χ1v) is 29.7. The fourth-order valence-corrected chi connectivity index (χ4v) is 11.5. The Balaban J connectivity index is 0.000000157. The van der Waals surface area contributed by atoms with E-state index in [9.17, 15) is 0 Å². The van der Waals surface area contributed by atoms with Crippen LogP contribution >= 0.6 is 31.9 Å². The van der Waals surface area contributed by atoms with Crippen LogP contribution in [0.1, 0.15) is 22.3 Å². The molecule has 14 aromatic rings.